The molecule has 0 aliphatic carbocycles. The Hall–Kier alpha value is -1.46. The lowest BCUT2D eigenvalue weighted by Crippen LogP contribution is -2.29. The molecule has 0 aliphatic heterocycles. The number of hydrogen-bond donors (Lipinski definition) is 0. The highest BCUT2D eigenvalue weighted by Gasteiger charge is 2.06. The lowest BCUT2D eigenvalue weighted by Gasteiger charge is -2.20. The second-order valence-corrected chi connectivity index (χ2v) is 5.41. The summed E-state index contributed by atoms with van der Waals surface area (Å²) in [6.07, 6.45) is 3.63. The maximum absolute atomic E-state index is 4.65. The van der Waals surface area contributed by atoms with Gasteiger partial charge < -0.3 is 9.80 Å². The molecule has 0 atom stereocenters. The van der Waals surface area contributed by atoms with Crippen LogP contribution in [0.5, 0.6) is 0 Å². The summed E-state index contributed by atoms with van der Waals surface area (Å²) in [6, 6.07) is 4.10. The standard InChI is InChI=1S/C13H18N4S/c1-16(2)6-7-17(3)13-10-14-9-11(15-13)12-5-4-8-18-12/h4-5,8-10H,6-7H2,1-3H3. The van der Waals surface area contributed by atoms with Gasteiger partial charge in [0.15, 0.2) is 0 Å². The molecule has 2 aromatic heterocycles. The fourth-order valence-corrected chi connectivity index (χ4v) is 2.23. The van der Waals surface area contributed by atoms with E-state index in [9.17, 15) is 0 Å². The van der Waals surface area contributed by atoms with Crippen molar-refractivity contribution in [1.82, 2.24) is 14.9 Å². The van der Waals surface area contributed by atoms with Gasteiger partial charge in [0.05, 0.1) is 17.3 Å². The van der Waals surface area contributed by atoms with Gasteiger partial charge in [0.2, 0.25) is 0 Å². The Morgan fingerprint density at radius 1 is 1.17 bits per heavy atom. The predicted molar refractivity (Wildman–Crippen MR) is 77.2 cm³/mol. The van der Waals surface area contributed by atoms with Crippen LogP contribution in [-0.2, 0) is 0 Å². The van der Waals surface area contributed by atoms with E-state index in [0.717, 1.165) is 29.5 Å². The maximum atomic E-state index is 4.65. The van der Waals surface area contributed by atoms with Crippen molar-refractivity contribution in [3.63, 3.8) is 0 Å². The van der Waals surface area contributed by atoms with Crippen LogP contribution in [0.15, 0.2) is 29.9 Å². The molecule has 5 heteroatoms. The van der Waals surface area contributed by atoms with Gasteiger partial charge in [-0.05, 0) is 25.5 Å². The maximum Gasteiger partial charge on any atom is 0.147 e. The normalized spacial score (nSPS) is 10.9. The molecule has 96 valence electrons. The molecule has 0 unspecified atom stereocenters. The minimum absolute atomic E-state index is 0.919. The second-order valence-electron chi connectivity index (χ2n) is 4.46. The van der Waals surface area contributed by atoms with Crippen molar-refractivity contribution in [1.29, 1.82) is 0 Å². The highest BCUT2D eigenvalue weighted by molar-refractivity contribution is 7.13. The molecule has 0 radical (unpaired) electrons. The van der Waals surface area contributed by atoms with Crippen LogP contribution in [0.2, 0.25) is 0 Å². The molecule has 0 aromatic carbocycles. The van der Waals surface area contributed by atoms with Gasteiger partial charge in [-0.2, -0.15) is 0 Å². The van der Waals surface area contributed by atoms with Gasteiger partial charge in [-0.3, -0.25) is 4.98 Å². The lowest BCUT2D eigenvalue weighted by molar-refractivity contribution is 0.416. The van der Waals surface area contributed by atoms with Crippen LogP contribution in [0, 0.1) is 0 Å². The molecule has 2 aromatic rings. The zero-order valence-corrected chi connectivity index (χ0v) is 11.8. The molecular formula is C13H18N4S. The number of aromatic nitrogens is 2. The molecule has 0 amide bonds. The van der Waals surface area contributed by atoms with E-state index in [4.69, 9.17) is 0 Å². The third kappa shape index (κ3) is 3.27. The molecule has 18 heavy (non-hydrogen) atoms. The molecule has 0 N–H and O–H groups in total. The molecule has 0 aliphatic rings. The fraction of sp³-hybridized carbons (Fsp3) is 0.385. The van der Waals surface area contributed by atoms with Gasteiger partial charge in [0, 0.05) is 20.1 Å². The highest BCUT2D eigenvalue weighted by atomic mass is 32.1. The average Bonchev–Trinajstić information content (AvgIpc) is 2.90. The first-order valence-corrected chi connectivity index (χ1v) is 6.76. The SMILES string of the molecule is CN(C)CCN(C)c1cncc(-c2cccs2)n1. The van der Waals surface area contributed by atoms with E-state index in [-0.39, 0.29) is 0 Å². The zero-order chi connectivity index (χ0) is 13.0. The number of likely N-dealkylation sites (N-methyl/N-ethyl adjacent to an activating group) is 2. The van der Waals surface area contributed by atoms with E-state index in [1.807, 2.05) is 25.5 Å². The Morgan fingerprint density at radius 2 is 2.00 bits per heavy atom. The topological polar surface area (TPSA) is 32.3 Å². The largest absolute Gasteiger partial charge is 0.357 e. The van der Waals surface area contributed by atoms with Crippen LogP contribution in [0.3, 0.4) is 0 Å². The zero-order valence-electron chi connectivity index (χ0n) is 11.0. The monoisotopic (exact) mass is 262 g/mol. The smallest absolute Gasteiger partial charge is 0.147 e. The fourth-order valence-electron chi connectivity index (χ4n) is 1.55. The van der Waals surface area contributed by atoms with E-state index in [1.165, 1.54) is 0 Å². The molecule has 4 nitrogen and oxygen atoms in total. The van der Waals surface area contributed by atoms with E-state index < -0.39 is 0 Å². The van der Waals surface area contributed by atoms with Gasteiger partial charge in [0.1, 0.15) is 11.5 Å². The molecular weight excluding hydrogens is 244 g/mol. The predicted octanol–water partition coefficient (Wildman–Crippen LogP) is 2.20. The van der Waals surface area contributed by atoms with Crippen molar-refractivity contribution in [2.45, 2.75) is 0 Å². The minimum atomic E-state index is 0.919. The molecule has 0 spiro atoms. The summed E-state index contributed by atoms with van der Waals surface area (Å²) >= 11 is 1.69. The van der Waals surface area contributed by atoms with Crippen LogP contribution in [0.25, 0.3) is 10.6 Å². The van der Waals surface area contributed by atoms with Gasteiger partial charge in [-0.1, -0.05) is 6.07 Å². The summed E-state index contributed by atoms with van der Waals surface area (Å²) in [5, 5.41) is 2.06. The Labute approximate surface area is 112 Å². The van der Waals surface area contributed by atoms with Crippen molar-refractivity contribution in [2.24, 2.45) is 0 Å². The highest BCUT2D eigenvalue weighted by Crippen LogP contribution is 2.23. The second kappa shape index (κ2) is 5.93. The Morgan fingerprint density at radius 3 is 2.67 bits per heavy atom. The van der Waals surface area contributed by atoms with Gasteiger partial charge >= 0.3 is 0 Å². The van der Waals surface area contributed by atoms with Crippen LogP contribution in [0.1, 0.15) is 0 Å². The summed E-state index contributed by atoms with van der Waals surface area (Å²) in [5.41, 5.74) is 0.944. The molecule has 0 saturated heterocycles. The van der Waals surface area contributed by atoms with Crippen molar-refractivity contribution >= 4 is 17.2 Å². The summed E-state index contributed by atoms with van der Waals surface area (Å²) in [7, 11) is 6.19. The number of nitrogens with zero attached hydrogens (tertiary/aromatic N) is 4. The molecule has 0 fully saturated rings. The van der Waals surface area contributed by atoms with Gasteiger partial charge in [0.25, 0.3) is 0 Å². The molecule has 2 heterocycles. The van der Waals surface area contributed by atoms with Gasteiger partial charge in [-0.25, -0.2) is 4.98 Å². The number of hydrogen-bond acceptors (Lipinski definition) is 5. The van der Waals surface area contributed by atoms with E-state index in [2.05, 4.69) is 45.3 Å². The van der Waals surface area contributed by atoms with Crippen LogP contribution >= 0.6 is 11.3 Å². The Balaban J connectivity index is 2.12. The number of rotatable bonds is 5. The summed E-state index contributed by atoms with van der Waals surface area (Å²) < 4.78 is 0. The Bertz CT molecular complexity index is 481. The molecule has 0 bridgehead atoms. The summed E-state index contributed by atoms with van der Waals surface area (Å²) in [4.78, 5) is 14.4. The minimum Gasteiger partial charge on any atom is -0.357 e. The first kappa shape index (κ1) is 13.0. The molecule has 0 saturated carbocycles. The molecule has 2 rings (SSSR count). The summed E-state index contributed by atoms with van der Waals surface area (Å²) in [6.45, 7) is 1.94. The Kier molecular flexibility index (Phi) is 4.28. The quantitative estimate of drug-likeness (QED) is 0.827. The lowest BCUT2D eigenvalue weighted by atomic mass is 10.3. The van der Waals surface area contributed by atoms with Gasteiger partial charge in [-0.15, -0.1) is 11.3 Å². The van der Waals surface area contributed by atoms with Crippen molar-refractivity contribution in [3.8, 4) is 10.6 Å². The van der Waals surface area contributed by atoms with Crippen LogP contribution in [0.4, 0.5) is 5.82 Å². The van der Waals surface area contributed by atoms with E-state index >= 15 is 0 Å². The third-order valence-electron chi connectivity index (χ3n) is 2.67. The van der Waals surface area contributed by atoms with Crippen molar-refractivity contribution in [3.05, 3.63) is 29.9 Å². The van der Waals surface area contributed by atoms with Crippen LogP contribution < -0.4 is 4.90 Å². The van der Waals surface area contributed by atoms with E-state index in [0.29, 0.717) is 0 Å². The first-order chi connectivity index (χ1) is 8.66. The third-order valence-corrected chi connectivity index (χ3v) is 3.56. The van der Waals surface area contributed by atoms with Crippen LogP contribution in [-0.4, -0.2) is 49.1 Å². The number of thiophene rings is 1. The first-order valence-electron chi connectivity index (χ1n) is 5.88. The van der Waals surface area contributed by atoms with Crippen molar-refractivity contribution < 1.29 is 0 Å². The van der Waals surface area contributed by atoms with Crippen molar-refractivity contribution in [2.75, 3.05) is 39.1 Å². The summed E-state index contributed by atoms with van der Waals surface area (Å²) in [5.74, 6) is 0.919. The number of anilines is 1. The average molecular weight is 262 g/mol. The van der Waals surface area contributed by atoms with E-state index in [1.54, 1.807) is 11.3 Å².